The first-order valence-corrected chi connectivity index (χ1v) is 10.4. The van der Waals surface area contributed by atoms with E-state index in [9.17, 15) is 18.0 Å². The predicted octanol–water partition coefficient (Wildman–Crippen LogP) is 3.93. The molecule has 0 N–H and O–H groups in total. The normalized spacial score (nSPS) is 16.4. The lowest BCUT2D eigenvalue weighted by Gasteiger charge is -2.33. The van der Waals surface area contributed by atoms with Crippen LogP contribution in [0.4, 0.5) is 13.2 Å². The molecule has 1 aromatic carbocycles. The van der Waals surface area contributed by atoms with E-state index in [1.807, 2.05) is 32.0 Å². The van der Waals surface area contributed by atoms with Crippen LogP contribution in [0.25, 0.3) is 5.78 Å². The number of carbonyl (C=O) groups is 1. The number of hydrogen-bond donors (Lipinski definition) is 0. The Kier molecular flexibility index (Phi) is 5.79. The molecule has 3 heterocycles. The summed E-state index contributed by atoms with van der Waals surface area (Å²) in [6.07, 6.45) is -3.15. The Morgan fingerprint density at radius 2 is 1.91 bits per heavy atom. The summed E-state index contributed by atoms with van der Waals surface area (Å²) in [5.41, 5.74) is 1.50. The summed E-state index contributed by atoms with van der Waals surface area (Å²) < 4.78 is 46.9. The van der Waals surface area contributed by atoms with Crippen molar-refractivity contribution in [3.8, 4) is 5.75 Å². The van der Waals surface area contributed by atoms with Gasteiger partial charge < -0.3 is 9.64 Å². The van der Waals surface area contributed by atoms with E-state index in [0.717, 1.165) is 23.5 Å². The lowest BCUT2D eigenvalue weighted by Crippen LogP contribution is -2.44. The molecular weight excluding hydrogens is 423 g/mol. The molecule has 170 valence electrons. The highest BCUT2D eigenvalue weighted by Crippen LogP contribution is 2.33. The van der Waals surface area contributed by atoms with Crippen molar-refractivity contribution >= 4 is 11.7 Å². The predicted molar refractivity (Wildman–Crippen MR) is 110 cm³/mol. The number of piperidine rings is 1. The molecule has 2 aromatic heterocycles. The topological polar surface area (TPSA) is 72.6 Å². The third kappa shape index (κ3) is 4.39. The maximum Gasteiger partial charge on any atom is 0.433 e. The molecule has 1 fully saturated rings. The van der Waals surface area contributed by atoms with E-state index in [1.165, 1.54) is 0 Å². The van der Waals surface area contributed by atoms with Gasteiger partial charge in [-0.25, -0.2) is 4.98 Å². The van der Waals surface area contributed by atoms with Gasteiger partial charge >= 0.3 is 6.18 Å². The van der Waals surface area contributed by atoms with Crippen LogP contribution in [-0.4, -0.2) is 49.6 Å². The first kappa shape index (κ1) is 22.0. The zero-order valence-corrected chi connectivity index (χ0v) is 18.1. The molecule has 1 aliphatic heterocycles. The van der Waals surface area contributed by atoms with Crippen LogP contribution in [0, 0.1) is 13.8 Å². The molecule has 10 heteroatoms. The van der Waals surface area contributed by atoms with Crippen molar-refractivity contribution in [3.63, 3.8) is 0 Å². The average Bonchev–Trinajstić information content (AvgIpc) is 3.22. The van der Waals surface area contributed by atoms with Crippen LogP contribution in [0.3, 0.4) is 0 Å². The van der Waals surface area contributed by atoms with Crippen LogP contribution in [0.1, 0.15) is 48.2 Å². The minimum atomic E-state index is -4.57. The minimum absolute atomic E-state index is 0.0798. The number of alkyl halides is 3. The molecule has 1 unspecified atom stereocenters. The fourth-order valence-electron chi connectivity index (χ4n) is 4.07. The van der Waals surface area contributed by atoms with Crippen molar-refractivity contribution in [1.29, 1.82) is 0 Å². The summed E-state index contributed by atoms with van der Waals surface area (Å²) in [5, 5.41) is 3.63. The van der Waals surface area contributed by atoms with E-state index in [4.69, 9.17) is 4.74 Å². The Balaban J connectivity index is 1.43. The number of aryl methyl sites for hydroxylation is 2. The van der Waals surface area contributed by atoms with Crippen molar-refractivity contribution in [2.45, 2.75) is 51.8 Å². The third-order valence-electron chi connectivity index (χ3n) is 5.77. The van der Waals surface area contributed by atoms with Crippen LogP contribution in [0.2, 0.25) is 0 Å². The molecule has 7 nitrogen and oxygen atoms in total. The molecule has 3 aromatic rings. The fraction of sp³-hybridized carbons (Fsp3) is 0.455. The number of aromatic nitrogens is 4. The quantitative estimate of drug-likeness (QED) is 0.606. The molecule has 0 spiro atoms. The largest absolute Gasteiger partial charge is 0.481 e. The van der Waals surface area contributed by atoms with Gasteiger partial charge in [0.2, 0.25) is 0 Å². The van der Waals surface area contributed by atoms with Crippen LogP contribution >= 0.6 is 0 Å². The average molecular weight is 447 g/mol. The van der Waals surface area contributed by atoms with Gasteiger partial charge in [0.05, 0.1) is 0 Å². The van der Waals surface area contributed by atoms with Gasteiger partial charge in [-0.2, -0.15) is 27.8 Å². The number of fused-ring (bicyclic) bond motifs is 1. The van der Waals surface area contributed by atoms with Gasteiger partial charge in [-0.1, -0.05) is 17.7 Å². The van der Waals surface area contributed by atoms with Crippen LogP contribution in [0.5, 0.6) is 5.75 Å². The molecule has 0 saturated carbocycles. The molecule has 0 radical (unpaired) electrons. The first-order chi connectivity index (χ1) is 15.1. The second-order valence-electron chi connectivity index (χ2n) is 8.16. The van der Waals surface area contributed by atoms with E-state index in [2.05, 4.69) is 15.1 Å². The number of halogens is 3. The molecule has 0 bridgehead atoms. The summed E-state index contributed by atoms with van der Waals surface area (Å²) in [6, 6.07) is 6.81. The lowest BCUT2D eigenvalue weighted by molar-refractivity contribution is -0.142. The number of benzene rings is 1. The van der Waals surface area contributed by atoms with Crippen LogP contribution in [-0.2, 0) is 11.0 Å². The van der Waals surface area contributed by atoms with Gasteiger partial charge in [-0.05, 0) is 51.3 Å². The summed E-state index contributed by atoms with van der Waals surface area (Å²) in [4.78, 5) is 22.7. The summed E-state index contributed by atoms with van der Waals surface area (Å²) in [6.45, 7) is 6.47. The highest BCUT2D eigenvalue weighted by atomic mass is 19.4. The molecule has 1 amide bonds. The van der Waals surface area contributed by atoms with E-state index >= 15 is 0 Å². The molecule has 1 saturated heterocycles. The number of amides is 1. The van der Waals surface area contributed by atoms with E-state index in [0.29, 0.717) is 41.9 Å². The van der Waals surface area contributed by atoms with E-state index < -0.39 is 18.0 Å². The van der Waals surface area contributed by atoms with Gasteiger partial charge in [-0.3, -0.25) is 4.79 Å². The first-order valence-electron chi connectivity index (χ1n) is 10.4. The highest BCUT2D eigenvalue weighted by Gasteiger charge is 2.36. The summed E-state index contributed by atoms with van der Waals surface area (Å²) in [7, 11) is 0. The van der Waals surface area contributed by atoms with Gasteiger partial charge in [0.25, 0.3) is 11.7 Å². The Labute approximate surface area is 183 Å². The zero-order valence-electron chi connectivity index (χ0n) is 18.1. The van der Waals surface area contributed by atoms with Gasteiger partial charge in [-0.15, -0.1) is 0 Å². The van der Waals surface area contributed by atoms with Crippen molar-refractivity contribution in [2.24, 2.45) is 0 Å². The number of ether oxygens (including phenoxy) is 1. The lowest BCUT2D eigenvalue weighted by atomic mass is 9.92. The Hall–Kier alpha value is -3.17. The summed E-state index contributed by atoms with van der Waals surface area (Å²) in [5.74, 6) is 0.248. The van der Waals surface area contributed by atoms with Crippen LogP contribution in [0.15, 0.2) is 30.6 Å². The minimum Gasteiger partial charge on any atom is -0.481 e. The SMILES string of the molecule is Cc1ccc(OC(C)C(=O)N2CCC(c3cc(C(F)(F)F)n4ncnc4n3)CC2)c(C)c1. The maximum atomic E-state index is 13.4. The second-order valence-corrected chi connectivity index (χ2v) is 8.16. The maximum absolute atomic E-state index is 13.4. The van der Waals surface area contributed by atoms with Crippen LogP contribution < -0.4 is 4.74 Å². The van der Waals surface area contributed by atoms with E-state index in [-0.39, 0.29) is 17.6 Å². The molecule has 0 aliphatic carbocycles. The molecule has 1 atom stereocenters. The Morgan fingerprint density at radius 3 is 2.56 bits per heavy atom. The Bertz CT molecular complexity index is 1140. The monoisotopic (exact) mass is 447 g/mol. The van der Waals surface area contributed by atoms with Crippen molar-refractivity contribution < 1.29 is 22.7 Å². The number of likely N-dealkylation sites (tertiary alicyclic amines) is 1. The highest BCUT2D eigenvalue weighted by molar-refractivity contribution is 5.81. The smallest absolute Gasteiger partial charge is 0.433 e. The number of rotatable bonds is 4. The summed E-state index contributed by atoms with van der Waals surface area (Å²) >= 11 is 0. The number of carbonyl (C=O) groups excluding carboxylic acids is 1. The van der Waals surface area contributed by atoms with Gasteiger partial charge in [0.1, 0.15) is 12.1 Å². The Morgan fingerprint density at radius 1 is 1.19 bits per heavy atom. The van der Waals surface area contributed by atoms with Gasteiger partial charge in [0.15, 0.2) is 11.8 Å². The molecule has 32 heavy (non-hydrogen) atoms. The standard InChI is InChI=1S/C22H24F3N5O2/c1-13-4-5-18(14(2)10-13)32-15(3)20(31)29-8-6-16(7-9-29)17-11-19(22(23,24)25)30-21(28-17)26-12-27-30/h4-5,10-12,15-16H,6-9H2,1-3H3. The number of nitrogens with zero attached hydrogens (tertiary/aromatic N) is 5. The zero-order chi connectivity index (χ0) is 23.0. The third-order valence-corrected chi connectivity index (χ3v) is 5.77. The van der Waals surface area contributed by atoms with Gasteiger partial charge in [0, 0.05) is 24.7 Å². The second kappa shape index (κ2) is 8.40. The molecule has 4 rings (SSSR count). The van der Waals surface area contributed by atoms with E-state index in [1.54, 1.807) is 11.8 Å². The van der Waals surface area contributed by atoms with Crippen molar-refractivity contribution in [2.75, 3.05) is 13.1 Å². The molecule has 1 aliphatic rings. The molecular formula is C22H24F3N5O2. The van der Waals surface area contributed by atoms with Crippen molar-refractivity contribution in [1.82, 2.24) is 24.5 Å². The number of hydrogen-bond acceptors (Lipinski definition) is 5. The van der Waals surface area contributed by atoms with Crippen molar-refractivity contribution in [3.05, 3.63) is 53.1 Å². The fourth-order valence-corrected chi connectivity index (χ4v) is 4.07.